The lowest BCUT2D eigenvalue weighted by atomic mass is 10.2. The fourth-order valence-electron chi connectivity index (χ4n) is 2.36. The van der Waals surface area contributed by atoms with Crippen LogP contribution in [-0.4, -0.2) is 9.55 Å². The Morgan fingerprint density at radius 2 is 1.85 bits per heavy atom. The third kappa shape index (κ3) is 2.08. The fourth-order valence-corrected chi connectivity index (χ4v) is 2.92. The van der Waals surface area contributed by atoms with E-state index in [-0.39, 0.29) is 0 Å². The van der Waals surface area contributed by atoms with Crippen molar-refractivity contribution >= 4 is 45.8 Å². The van der Waals surface area contributed by atoms with Gasteiger partial charge in [-0.05, 0) is 30.7 Å². The molecule has 0 saturated heterocycles. The summed E-state index contributed by atoms with van der Waals surface area (Å²) in [6, 6.07) is 11.5. The quantitative estimate of drug-likeness (QED) is 0.578. The van der Waals surface area contributed by atoms with E-state index in [4.69, 9.17) is 34.8 Å². The highest BCUT2D eigenvalue weighted by Crippen LogP contribution is 2.33. The number of fused-ring (bicyclic) bond motifs is 1. The van der Waals surface area contributed by atoms with Gasteiger partial charge in [-0.15, -0.1) is 11.6 Å². The van der Waals surface area contributed by atoms with Crippen molar-refractivity contribution in [3.8, 4) is 5.69 Å². The summed E-state index contributed by atoms with van der Waals surface area (Å²) < 4.78 is 1.98. The molecule has 5 heteroatoms. The zero-order chi connectivity index (χ0) is 14.3. The molecule has 2 aromatic carbocycles. The van der Waals surface area contributed by atoms with E-state index in [1.54, 1.807) is 6.07 Å². The first kappa shape index (κ1) is 13.7. The molecule has 0 saturated carbocycles. The minimum atomic E-state index is 0.303. The molecule has 0 amide bonds. The Bertz CT molecular complexity index is 793. The third-order valence-corrected chi connectivity index (χ3v) is 4.29. The van der Waals surface area contributed by atoms with Crippen molar-refractivity contribution in [3.05, 3.63) is 57.8 Å². The molecule has 0 unspecified atom stereocenters. The first-order chi connectivity index (χ1) is 9.63. The van der Waals surface area contributed by atoms with Crippen molar-refractivity contribution < 1.29 is 0 Å². The summed E-state index contributed by atoms with van der Waals surface area (Å²) in [7, 11) is 0. The molecule has 0 spiro atoms. The molecule has 3 aromatic rings. The monoisotopic (exact) mass is 324 g/mol. The van der Waals surface area contributed by atoms with Gasteiger partial charge in [0.2, 0.25) is 0 Å². The van der Waals surface area contributed by atoms with Crippen LogP contribution in [0.5, 0.6) is 0 Å². The van der Waals surface area contributed by atoms with Gasteiger partial charge in [0, 0.05) is 0 Å². The number of para-hydroxylation sites is 1. The fraction of sp³-hybridized carbons (Fsp3) is 0.133. The average Bonchev–Trinajstić information content (AvgIpc) is 2.82. The molecule has 102 valence electrons. The number of aromatic nitrogens is 2. The minimum absolute atomic E-state index is 0.303. The second-order valence-corrected chi connectivity index (χ2v) is 5.57. The lowest BCUT2D eigenvalue weighted by Gasteiger charge is -2.12. The molecule has 0 bridgehead atoms. The van der Waals surface area contributed by atoms with Crippen LogP contribution in [0, 0.1) is 6.92 Å². The van der Waals surface area contributed by atoms with Crippen LogP contribution < -0.4 is 0 Å². The van der Waals surface area contributed by atoms with Crippen LogP contribution in [-0.2, 0) is 5.88 Å². The molecule has 2 nitrogen and oxygen atoms in total. The van der Waals surface area contributed by atoms with Crippen molar-refractivity contribution in [1.29, 1.82) is 0 Å². The summed E-state index contributed by atoms with van der Waals surface area (Å²) in [5.74, 6) is 1.05. The molecular weight excluding hydrogens is 315 g/mol. The van der Waals surface area contributed by atoms with E-state index in [1.807, 2.05) is 41.8 Å². The highest BCUT2D eigenvalue weighted by atomic mass is 35.5. The lowest BCUT2D eigenvalue weighted by Crippen LogP contribution is -2.01. The first-order valence-electron chi connectivity index (χ1n) is 6.10. The van der Waals surface area contributed by atoms with Crippen LogP contribution in [0.4, 0.5) is 0 Å². The largest absolute Gasteiger partial charge is 0.293 e. The summed E-state index contributed by atoms with van der Waals surface area (Å²) in [6.07, 6.45) is 0. The van der Waals surface area contributed by atoms with Gasteiger partial charge in [-0.25, -0.2) is 4.98 Å². The minimum Gasteiger partial charge on any atom is -0.293 e. The number of aryl methyl sites for hydroxylation is 1. The molecule has 1 heterocycles. The van der Waals surface area contributed by atoms with Crippen LogP contribution in [0.3, 0.4) is 0 Å². The van der Waals surface area contributed by atoms with Gasteiger partial charge in [-0.3, -0.25) is 4.57 Å². The first-order valence-corrected chi connectivity index (χ1v) is 7.40. The molecule has 0 N–H and O–H groups in total. The van der Waals surface area contributed by atoms with Crippen molar-refractivity contribution in [1.82, 2.24) is 9.55 Å². The highest BCUT2D eigenvalue weighted by Gasteiger charge is 2.16. The van der Waals surface area contributed by atoms with Crippen molar-refractivity contribution in [2.75, 3.05) is 0 Å². The third-order valence-electron chi connectivity index (χ3n) is 3.24. The Hall–Kier alpha value is -1.22. The maximum absolute atomic E-state index is 6.34. The Labute approximate surface area is 131 Å². The van der Waals surface area contributed by atoms with Crippen LogP contribution in [0.2, 0.25) is 10.0 Å². The van der Waals surface area contributed by atoms with E-state index in [2.05, 4.69) is 4.98 Å². The Morgan fingerprint density at radius 1 is 1.10 bits per heavy atom. The predicted octanol–water partition coefficient (Wildman–Crippen LogP) is 5.38. The predicted molar refractivity (Wildman–Crippen MR) is 85.4 cm³/mol. The Balaban J connectivity index is 2.43. The van der Waals surface area contributed by atoms with E-state index in [0.29, 0.717) is 15.9 Å². The SMILES string of the molecule is Cc1cccc2nc(CCl)n(-c3cccc(Cl)c3Cl)c12. The molecule has 3 rings (SSSR count). The Morgan fingerprint density at radius 3 is 2.60 bits per heavy atom. The zero-order valence-electron chi connectivity index (χ0n) is 10.7. The van der Waals surface area contributed by atoms with E-state index in [0.717, 1.165) is 28.1 Å². The molecular formula is C15H11Cl3N2. The molecule has 0 radical (unpaired) electrons. The summed E-state index contributed by atoms with van der Waals surface area (Å²) in [6.45, 7) is 2.04. The second kappa shape index (κ2) is 5.28. The number of hydrogen-bond donors (Lipinski definition) is 0. The molecule has 0 aliphatic rings. The number of hydrogen-bond acceptors (Lipinski definition) is 1. The van der Waals surface area contributed by atoms with Crippen LogP contribution in [0.25, 0.3) is 16.7 Å². The van der Waals surface area contributed by atoms with Crippen molar-refractivity contribution in [2.24, 2.45) is 0 Å². The topological polar surface area (TPSA) is 17.8 Å². The maximum Gasteiger partial charge on any atom is 0.129 e. The molecule has 1 aromatic heterocycles. The molecule has 0 fully saturated rings. The van der Waals surface area contributed by atoms with Gasteiger partial charge in [0.05, 0.1) is 32.6 Å². The van der Waals surface area contributed by atoms with E-state index >= 15 is 0 Å². The smallest absolute Gasteiger partial charge is 0.129 e. The van der Waals surface area contributed by atoms with Gasteiger partial charge in [-0.2, -0.15) is 0 Å². The van der Waals surface area contributed by atoms with Crippen LogP contribution in [0.15, 0.2) is 36.4 Å². The average molecular weight is 326 g/mol. The van der Waals surface area contributed by atoms with Crippen LogP contribution >= 0.6 is 34.8 Å². The van der Waals surface area contributed by atoms with Crippen molar-refractivity contribution in [3.63, 3.8) is 0 Å². The van der Waals surface area contributed by atoms with Gasteiger partial charge in [-0.1, -0.05) is 41.4 Å². The van der Waals surface area contributed by atoms with Crippen molar-refractivity contribution in [2.45, 2.75) is 12.8 Å². The second-order valence-electron chi connectivity index (χ2n) is 4.51. The number of rotatable bonds is 2. The zero-order valence-corrected chi connectivity index (χ0v) is 13.0. The number of benzene rings is 2. The highest BCUT2D eigenvalue weighted by molar-refractivity contribution is 6.43. The Kier molecular flexibility index (Phi) is 3.63. The number of halogens is 3. The standard InChI is InChI=1S/C15H11Cl3N2/c1-9-4-2-6-11-15(9)20(13(8-16)19-11)12-7-3-5-10(17)14(12)18/h2-7H,8H2,1H3. The molecule has 0 atom stereocenters. The van der Waals surface area contributed by atoms with E-state index in [9.17, 15) is 0 Å². The maximum atomic E-state index is 6.34. The summed E-state index contributed by atoms with van der Waals surface area (Å²) >= 11 is 18.5. The van der Waals surface area contributed by atoms with Gasteiger partial charge in [0.25, 0.3) is 0 Å². The number of alkyl halides is 1. The normalized spacial score (nSPS) is 11.2. The lowest BCUT2D eigenvalue weighted by molar-refractivity contribution is 0.979. The summed E-state index contributed by atoms with van der Waals surface area (Å²) in [5.41, 5.74) is 3.82. The molecule has 20 heavy (non-hydrogen) atoms. The molecule has 0 aliphatic heterocycles. The van der Waals surface area contributed by atoms with E-state index < -0.39 is 0 Å². The van der Waals surface area contributed by atoms with Gasteiger partial charge < -0.3 is 0 Å². The van der Waals surface area contributed by atoms with Crippen LogP contribution in [0.1, 0.15) is 11.4 Å². The number of imidazole rings is 1. The van der Waals surface area contributed by atoms with E-state index in [1.165, 1.54) is 0 Å². The van der Waals surface area contributed by atoms with Gasteiger partial charge >= 0.3 is 0 Å². The van der Waals surface area contributed by atoms with Gasteiger partial charge in [0.1, 0.15) is 5.82 Å². The molecule has 0 aliphatic carbocycles. The van der Waals surface area contributed by atoms with Gasteiger partial charge in [0.15, 0.2) is 0 Å². The number of nitrogens with zero attached hydrogens (tertiary/aromatic N) is 2. The summed E-state index contributed by atoms with van der Waals surface area (Å²) in [5, 5.41) is 1.02. The summed E-state index contributed by atoms with van der Waals surface area (Å²) in [4.78, 5) is 4.57.